The highest BCUT2D eigenvalue weighted by atomic mass is 35.5. The zero-order chi connectivity index (χ0) is 11.5. The molecule has 0 fully saturated rings. The number of aryl methyl sites for hydroxylation is 1. The highest BCUT2D eigenvalue weighted by Gasteiger charge is 2.06. The van der Waals surface area contributed by atoms with E-state index in [4.69, 9.17) is 11.6 Å². The van der Waals surface area contributed by atoms with Crippen molar-refractivity contribution in [3.05, 3.63) is 41.2 Å². The van der Waals surface area contributed by atoms with Gasteiger partial charge in [-0.1, -0.05) is 11.6 Å². The van der Waals surface area contributed by atoms with Crippen molar-refractivity contribution in [2.45, 2.75) is 6.54 Å². The fraction of sp³-hybridized carbons (Fsp3) is 0.250. The Labute approximate surface area is 100 Å². The Bertz CT molecular complexity index is 491. The Morgan fingerprint density at radius 2 is 2.25 bits per heavy atom. The number of aromatic nitrogens is 2. The van der Waals surface area contributed by atoms with E-state index < -0.39 is 0 Å². The second-order valence-electron chi connectivity index (χ2n) is 3.70. The van der Waals surface area contributed by atoms with Crippen molar-refractivity contribution in [3.8, 4) is 11.4 Å². The lowest BCUT2D eigenvalue weighted by Crippen LogP contribution is -2.05. The van der Waals surface area contributed by atoms with Gasteiger partial charge in [-0.05, 0) is 30.8 Å². The van der Waals surface area contributed by atoms with Gasteiger partial charge in [0, 0.05) is 36.6 Å². The Morgan fingerprint density at radius 3 is 2.88 bits per heavy atom. The first-order chi connectivity index (χ1) is 7.72. The molecule has 1 aromatic heterocycles. The molecule has 0 unspecified atom stereocenters. The summed E-state index contributed by atoms with van der Waals surface area (Å²) in [4.78, 5) is 4.32. The van der Waals surface area contributed by atoms with Gasteiger partial charge < -0.3 is 9.88 Å². The highest BCUT2D eigenvalue weighted by Crippen LogP contribution is 2.23. The molecule has 0 aliphatic carbocycles. The molecule has 1 aromatic carbocycles. The summed E-state index contributed by atoms with van der Waals surface area (Å²) in [5.74, 6) is 0.953. The van der Waals surface area contributed by atoms with E-state index in [2.05, 4.69) is 16.4 Å². The van der Waals surface area contributed by atoms with Crippen molar-refractivity contribution < 1.29 is 0 Å². The van der Waals surface area contributed by atoms with E-state index in [0.29, 0.717) is 0 Å². The van der Waals surface area contributed by atoms with E-state index >= 15 is 0 Å². The first-order valence-corrected chi connectivity index (χ1v) is 5.51. The molecule has 0 aliphatic heterocycles. The average Bonchev–Trinajstić information content (AvgIpc) is 2.68. The number of rotatable bonds is 3. The number of nitrogens with zero attached hydrogens (tertiary/aromatic N) is 2. The average molecular weight is 236 g/mol. The lowest BCUT2D eigenvalue weighted by molar-refractivity contribution is 0.818. The number of benzene rings is 1. The van der Waals surface area contributed by atoms with Crippen LogP contribution in [0.1, 0.15) is 5.56 Å². The Kier molecular flexibility index (Phi) is 3.27. The Hall–Kier alpha value is -1.32. The van der Waals surface area contributed by atoms with Crippen molar-refractivity contribution in [3.63, 3.8) is 0 Å². The van der Waals surface area contributed by atoms with Crippen LogP contribution in [0.4, 0.5) is 0 Å². The van der Waals surface area contributed by atoms with Crippen molar-refractivity contribution in [2.75, 3.05) is 7.05 Å². The summed E-state index contributed by atoms with van der Waals surface area (Å²) in [6, 6.07) is 5.98. The minimum atomic E-state index is 0.761. The predicted octanol–water partition coefficient (Wildman–Crippen LogP) is 2.46. The second kappa shape index (κ2) is 4.68. The van der Waals surface area contributed by atoms with Gasteiger partial charge >= 0.3 is 0 Å². The van der Waals surface area contributed by atoms with Crippen LogP contribution in [0.2, 0.25) is 5.02 Å². The van der Waals surface area contributed by atoms with Crippen LogP contribution in [0.3, 0.4) is 0 Å². The Morgan fingerprint density at radius 1 is 1.44 bits per heavy atom. The summed E-state index contributed by atoms with van der Waals surface area (Å²) in [6.45, 7) is 0.761. The summed E-state index contributed by atoms with van der Waals surface area (Å²) in [7, 11) is 3.89. The lowest BCUT2D eigenvalue weighted by Gasteiger charge is -2.07. The van der Waals surface area contributed by atoms with Gasteiger partial charge in [0.15, 0.2) is 0 Å². The number of nitrogens with one attached hydrogen (secondary N) is 1. The maximum Gasteiger partial charge on any atom is 0.139 e. The highest BCUT2D eigenvalue weighted by molar-refractivity contribution is 6.31. The molecule has 0 atom stereocenters. The number of hydrogen-bond donors (Lipinski definition) is 1. The zero-order valence-corrected chi connectivity index (χ0v) is 10.1. The molecule has 2 rings (SSSR count). The first kappa shape index (κ1) is 11.2. The number of halogens is 1. The molecule has 0 amide bonds. The van der Waals surface area contributed by atoms with Crippen molar-refractivity contribution in [1.29, 1.82) is 0 Å². The first-order valence-electron chi connectivity index (χ1n) is 5.13. The van der Waals surface area contributed by atoms with Crippen LogP contribution in [0.15, 0.2) is 30.6 Å². The molecule has 3 nitrogen and oxygen atoms in total. The molecule has 4 heteroatoms. The summed E-state index contributed by atoms with van der Waals surface area (Å²) in [6.07, 6.45) is 3.73. The fourth-order valence-corrected chi connectivity index (χ4v) is 1.87. The molecule has 16 heavy (non-hydrogen) atoms. The Balaban J connectivity index is 2.43. The van der Waals surface area contributed by atoms with Gasteiger partial charge in [0.1, 0.15) is 5.82 Å². The summed E-state index contributed by atoms with van der Waals surface area (Å²) >= 11 is 6.11. The lowest BCUT2D eigenvalue weighted by atomic mass is 10.1. The topological polar surface area (TPSA) is 29.9 Å². The van der Waals surface area contributed by atoms with E-state index in [1.807, 2.05) is 37.0 Å². The van der Waals surface area contributed by atoms with Crippen LogP contribution in [0.25, 0.3) is 11.4 Å². The molecule has 0 aliphatic rings. The zero-order valence-electron chi connectivity index (χ0n) is 9.37. The molecular weight excluding hydrogens is 222 g/mol. The maximum absolute atomic E-state index is 6.11. The van der Waals surface area contributed by atoms with Crippen LogP contribution in [0, 0.1) is 0 Å². The van der Waals surface area contributed by atoms with E-state index in [9.17, 15) is 0 Å². The quantitative estimate of drug-likeness (QED) is 0.886. The van der Waals surface area contributed by atoms with Crippen LogP contribution in [-0.4, -0.2) is 16.6 Å². The minimum absolute atomic E-state index is 0.761. The van der Waals surface area contributed by atoms with Crippen LogP contribution < -0.4 is 5.32 Å². The smallest absolute Gasteiger partial charge is 0.139 e. The van der Waals surface area contributed by atoms with Crippen LogP contribution in [-0.2, 0) is 13.6 Å². The third kappa shape index (κ3) is 2.10. The van der Waals surface area contributed by atoms with Gasteiger partial charge in [-0.15, -0.1) is 0 Å². The fourth-order valence-electron chi connectivity index (χ4n) is 1.68. The van der Waals surface area contributed by atoms with Crippen LogP contribution in [0.5, 0.6) is 0 Å². The number of hydrogen-bond acceptors (Lipinski definition) is 2. The van der Waals surface area contributed by atoms with E-state index in [1.165, 1.54) is 0 Å². The molecule has 0 bridgehead atoms. The van der Waals surface area contributed by atoms with Gasteiger partial charge in [-0.3, -0.25) is 0 Å². The molecule has 1 heterocycles. The summed E-state index contributed by atoms with van der Waals surface area (Å²) in [5.41, 5.74) is 2.17. The summed E-state index contributed by atoms with van der Waals surface area (Å²) < 4.78 is 1.99. The van der Waals surface area contributed by atoms with Gasteiger partial charge in [0.2, 0.25) is 0 Å². The molecule has 1 N–H and O–H groups in total. The molecule has 84 valence electrons. The minimum Gasteiger partial charge on any atom is -0.334 e. The largest absolute Gasteiger partial charge is 0.334 e. The van der Waals surface area contributed by atoms with Gasteiger partial charge in [-0.2, -0.15) is 0 Å². The molecular formula is C12H14ClN3. The molecule has 0 spiro atoms. The molecule has 0 saturated heterocycles. The second-order valence-corrected chi connectivity index (χ2v) is 4.11. The molecule has 2 aromatic rings. The molecule has 0 radical (unpaired) electrons. The molecule has 0 saturated carbocycles. The SMILES string of the molecule is CNCc1cc(-c2nccn2C)ccc1Cl. The third-order valence-corrected chi connectivity index (χ3v) is 2.86. The third-order valence-electron chi connectivity index (χ3n) is 2.49. The monoisotopic (exact) mass is 235 g/mol. The van der Waals surface area contributed by atoms with E-state index in [-0.39, 0.29) is 0 Å². The van der Waals surface area contributed by atoms with Gasteiger partial charge in [-0.25, -0.2) is 4.98 Å². The van der Waals surface area contributed by atoms with Crippen molar-refractivity contribution in [1.82, 2.24) is 14.9 Å². The predicted molar refractivity (Wildman–Crippen MR) is 66.4 cm³/mol. The summed E-state index contributed by atoms with van der Waals surface area (Å²) in [5, 5.41) is 3.88. The number of imidazole rings is 1. The standard InChI is InChI=1S/C12H14ClN3/c1-14-8-10-7-9(3-4-11(10)13)12-15-5-6-16(12)2/h3-7,14H,8H2,1-2H3. The van der Waals surface area contributed by atoms with E-state index in [1.54, 1.807) is 6.20 Å². The van der Waals surface area contributed by atoms with Crippen molar-refractivity contribution in [2.24, 2.45) is 7.05 Å². The maximum atomic E-state index is 6.11. The van der Waals surface area contributed by atoms with E-state index in [0.717, 1.165) is 28.5 Å². The van der Waals surface area contributed by atoms with Gasteiger partial charge in [0.05, 0.1) is 0 Å². The van der Waals surface area contributed by atoms with Crippen LogP contribution >= 0.6 is 11.6 Å². The normalized spacial score (nSPS) is 10.7. The van der Waals surface area contributed by atoms with Crippen molar-refractivity contribution >= 4 is 11.6 Å². The van der Waals surface area contributed by atoms with Gasteiger partial charge in [0.25, 0.3) is 0 Å².